The Hall–Kier alpha value is -2.04. The number of hydrogen-bond acceptors (Lipinski definition) is 3. The number of imidazole rings is 1. The molecule has 0 saturated carbocycles. The van der Waals surface area contributed by atoms with Crippen LogP contribution in [-0.2, 0) is 13.2 Å². The first-order valence-electron chi connectivity index (χ1n) is 8.98. The molecule has 3 nitrogen and oxygen atoms in total. The van der Waals surface area contributed by atoms with Gasteiger partial charge in [0.15, 0.2) is 0 Å². The van der Waals surface area contributed by atoms with Crippen LogP contribution in [0.3, 0.4) is 0 Å². The summed E-state index contributed by atoms with van der Waals surface area (Å²) in [6.07, 6.45) is 0. The lowest BCUT2D eigenvalue weighted by atomic mass is 10.1. The van der Waals surface area contributed by atoms with E-state index in [9.17, 15) is 5.11 Å². The molecule has 0 aliphatic carbocycles. The van der Waals surface area contributed by atoms with E-state index in [1.165, 1.54) is 21.6 Å². The molecule has 0 radical (unpaired) electrons. The van der Waals surface area contributed by atoms with E-state index >= 15 is 0 Å². The molecule has 0 aliphatic rings. The second-order valence-electron chi connectivity index (χ2n) is 7.03. The van der Waals surface area contributed by atoms with E-state index in [2.05, 4.69) is 62.6 Å². The van der Waals surface area contributed by atoms with Crippen LogP contribution in [-0.4, -0.2) is 14.7 Å². The normalized spacial score (nSPS) is 11.3. The molecule has 0 amide bonds. The van der Waals surface area contributed by atoms with Crippen LogP contribution in [0.25, 0.3) is 0 Å². The van der Waals surface area contributed by atoms with Crippen LogP contribution in [0.1, 0.15) is 48.0 Å². The highest BCUT2D eigenvalue weighted by Gasteiger charge is 2.20. The summed E-state index contributed by atoms with van der Waals surface area (Å²) in [6, 6.07) is 16.9. The molecule has 0 atom stereocenters. The number of aromatic nitrogens is 2. The first kappa shape index (κ1) is 18.7. The van der Waals surface area contributed by atoms with Crippen molar-refractivity contribution in [2.24, 2.45) is 0 Å². The molecule has 1 N–H and O–H groups in total. The fraction of sp³-hybridized carbons (Fsp3) is 0.318. The van der Waals surface area contributed by atoms with Crippen LogP contribution < -0.4 is 0 Å². The molecule has 1 heterocycles. The summed E-state index contributed by atoms with van der Waals surface area (Å²) in [5, 5.41) is 11.0. The number of benzene rings is 2. The Morgan fingerprint density at radius 2 is 1.69 bits per heavy atom. The number of aryl methyl sites for hydroxylation is 2. The Bertz CT molecular complexity index is 864. The summed E-state index contributed by atoms with van der Waals surface area (Å²) in [5.74, 6) is 1.02. The van der Waals surface area contributed by atoms with Crippen molar-refractivity contribution in [3.8, 4) is 0 Å². The van der Waals surface area contributed by atoms with E-state index in [-0.39, 0.29) is 6.61 Å². The first-order chi connectivity index (χ1) is 12.5. The molecule has 0 bridgehead atoms. The summed E-state index contributed by atoms with van der Waals surface area (Å²) in [5.41, 5.74) is 4.77. The average Bonchev–Trinajstić information content (AvgIpc) is 2.93. The molecule has 3 aromatic rings. The number of aliphatic hydroxyl groups is 1. The van der Waals surface area contributed by atoms with Crippen molar-refractivity contribution in [1.82, 2.24) is 9.55 Å². The minimum Gasteiger partial charge on any atom is -0.388 e. The molecule has 4 heteroatoms. The summed E-state index contributed by atoms with van der Waals surface area (Å²) >= 11 is 1.74. The van der Waals surface area contributed by atoms with Crippen molar-refractivity contribution in [1.29, 1.82) is 0 Å². The van der Waals surface area contributed by atoms with Gasteiger partial charge in [-0.05, 0) is 48.6 Å². The SMILES string of the molecule is Cc1cc(C)cc(Sc2c(C(C)C)nc(CO)n2Cc2ccccc2)c1. The van der Waals surface area contributed by atoms with E-state index in [0.717, 1.165) is 16.5 Å². The zero-order chi connectivity index (χ0) is 18.7. The van der Waals surface area contributed by atoms with Gasteiger partial charge in [0, 0.05) is 11.4 Å². The summed E-state index contributed by atoms with van der Waals surface area (Å²) in [6.45, 7) is 9.22. The van der Waals surface area contributed by atoms with Crippen LogP contribution in [0.5, 0.6) is 0 Å². The Morgan fingerprint density at radius 1 is 1.04 bits per heavy atom. The van der Waals surface area contributed by atoms with E-state index < -0.39 is 0 Å². The molecule has 0 aliphatic heterocycles. The predicted molar refractivity (Wildman–Crippen MR) is 108 cm³/mol. The van der Waals surface area contributed by atoms with Gasteiger partial charge < -0.3 is 9.67 Å². The van der Waals surface area contributed by atoms with Crippen LogP contribution >= 0.6 is 11.8 Å². The fourth-order valence-electron chi connectivity index (χ4n) is 3.14. The van der Waals surface area contributed by atoms with Crippen molar-refractivity contribution in [2.75, 3.05) is 0 Å². The molecule has 136 valence electrons. The maximum Gasteiger partial charge on any atom is 0.136 e. The van der Waals surface area contributed by atoms with Gasteiger partial charge in [-0.2, -0.15) is 0 Å². The summed E-state index contributed by atoms with van der Waals surface area (Å²) in [7, 11) is 0. The van der Waals surface area contributed by atoms with Gasteiger partial charge in [-0.3, -0.25) is 0 Å². The summed E-state index contributed by atoms with van der Waals surface area (Å²) in [4.78, 5) is 5.97. The Balaban J connectivity index is 2.07. The van der Waals surface area contributed by atoms with Crippen molar-refractivity contribution < 1.29 is 5.11 Å². The molecule has 0 spiro atoms. The number of aliphatic hydroxyl groups excluding tert-OH is 1. The van der Waals surface area contributed by atoms with Gasteiger partial charge in [-0.25, -0.2) is 4.98 Å². The largest absolute Gasteiger partial charge is 0.388 e. The fourth-order valence-corrected chi connectivity index (χ4v) is 4.52. The van der Waals surface area contributed by atoms with Gasteiger partial charge in [-0.15, -0.1) is 0 Å². The minimum absolute atomic E-state index is 0.0556. The van der Waals surface area contributed by atoms with Crippen molar-refractivity contribution in [3.63, 3.8) is 0 Å². The molecule has 0 saturated heterocycles. The lowest BCUT2D eigenvalue weighted by Crippen LogP contribution is -2.06. The molecular weight excluding hydrogens is 340 g/mol. The van der Waals surface area contributed by atoms with Gasteiger partial charge in [0.2, 0.25) is 0 Å². The third kappa shape index (κ3) is 4.19. The van der Waals surface area contributed by atoms with Crippen LogP contribution in [0.4, 0.5) is 0 Å². The van der Waals surface area contributed by atoms with E-state index in [0.29, 0.717) is 12.5 Å². The van der Waals surface area contributed by atoms with Crippen LogP contribution in [0.15, 0.2) is 58.5 Å². The van der Waals surface area contributed by atoms with E-state index in [1.54, 1.807) is 11.8 Å². The average molecular weight is 367 g/mol. The van der Waals surface area contributed by atoms with Gasteiger partial charge in [0.05, 0.1) is 5.69 Å². The zero-order valence-electron chi connectivity index (χ0n) is 15.9. The Labute approximate surface area is 160 Å². The smallest absolute Gasteiger partial charge is 0.136 e. The van der Waals surface area contributed by atoms with Gasteiger partial charge in [0.25, 0.3) is 0 Å². The maximum atomic E-state index is 9.88. The second kappa shape index (κ2) is 8.11. The Kier molecular flexibility index (Phi) is 5.84. The molecule has 0 unspecified atom stereocenters. The third-order valence-corrected chi connectivity index (χ3v) is 5.40. The first-order valence-corrected chi connectivity index (χ1v) is 9.79. The number of hydrogen-bond donors (Lipinski definition) is 1. The second-order valence-corrected chi connectivity index (χ2v) is 8.09. The van der Waals surface area contributed by atoms with Crippen LogP contribution in [0.2, 0.25) is 0 Å². The third-order valence-electron chi connectivity index (χ3n) is 4.31. The van der Waals surface area contributed by atoms with E-state index in [1.807, 2.05) is 18.2 Å². The van der Waals surface area contributed by atoms with Gasteiger partial charge in [0.1, 0.15) is 17.5 Å². The lowest BCUT2D eigenvalue weighted by molar-refractivity contribution is 0.265. The standard InChI is InChI=1S/C22H26N2OS/c1-15(2)21-22(26-19-11-16(3)10-17(4)12-19)24(20(14-25)23-21)13-18-8-6-5-7-9-18/h5-12,15,25H,13-14H2,1-4H3. The highest BCUT2D eigenvalue weighted by atomic mass is 32.2. The van der Waals surface area contributed by atoms with Gasteiger partial charge >= 0.3 is 0 Å². The molecular formula is C22H26N2OS. The highest BCUT2D eigenvalue weighted by Crippen LogP contribution is 2.36. The molecule has 1 aromatic heterocycles. The zero-order valence-corrected chi connectivity index (χ0v) is 16.7. The van der Waals surface area contributed by atoms with Gasteiger partial charge in [-0.1, -0.05) is 62.0 Å². The topological polar surface area (TPSA) is 38.1 Å². The number of nitrogens with zero attached hydrogens (tertiary/aromatic N) is 2. The minimum atomic E-state index is -0.0556. The summed E-state index contributed by atoms with van der Waals surface area (Å²) < 4.78 is 2.16. The Morgan fingerprint density at radius 3 is 2.27 bits per heavy atom. The van der Waals surface area contributed by atoms with Crippen LogP contribution in [0, 0.1) is 13.8 Å². The molecule has 0 fully saturated rings. The number of rotatable bonds is 6. The molecule has 2 aromatic carbocycles. The van der Waals surface area contributed by atoms with Crippen molar-refractivity contribution in [2.45, 2.75) is 56.7 Å². The van der Waals surface area contributed by atoms with Crippen molar-refractivity contribution in [3.05, 3.63) is 76.7 Å². The predicted octanol–water partition coefficient (Wildman–Crippen LogP) is 5.32. The van der Waals surface area contributed by atoms with Crippen molar-refractivity contribution >= 4 is 11.8 Å². The monoisotopic (exact) mass is 366 g/mol. The quantitative estimate of drug-likeness (QED) is 0.642. The lowest BCUT2D eigenvalue weighted by Gasteiger charge is -2.14. The van der Waals surface area contributed by atoms with E-state index in [4.69, 9.17) is 4.98 Å². The molecule has 26 heavy (non-hydrogen) atoms. The maximum absolute atomic E-state index is 9.88. The molecule has 3 rings (SSSR count). The highest BCUT2D eigenvalue weighted by molar-refractivity contribution is 7.99.